The summed E-state index contributed by atoms with van der Waals surface area (Å²) >= 11 is 1.47. The van der Waals surface area contributed by atoms with Crippen LogP contribution in [0.4, 0.5) is 5.13 Å². The van der Waals surface area contributed by atoms with Gasteiger partial charge in [0, 0.05) is 4.88 Å². The topological polar surface area (TPSA) is 68.0 Å². The number of hydrogen-bond donors (Lipinski definition) is 2. The third kappa shape index (κ3) is 2.52. The van der Waals surface area contributed by atoms with Crippen molar-refractivity contribution < 1.29 is 4.79 Å². The van der Waals surface area contributed by atoms with E-state index in [-0.39, 0.29) is 5.91 Å². The van der Waals surface area contributed by atoms with Crippen LogP contribution in [0.15, 0.2) is 0 Å². The van der Waals surface area contributed by atoms with Crippen LogP contribution in [0.2, 0.25) is 0 Å². The number of hydrogen-bond acceptors (Lipinski definition) is 4. The van der Waals surface area contributed by atoms with E-state index in [1.807, 2.05) is 20.8 Å². The lowest BCUT2D eigenvalue weighted by Gasteiger charge is -2.06. The van der Waals surface area contributed by atoms with Gasteiger partial charge in [0.15, 0.2) is 5.13 Å². The number of anilines is 1. The van der Waals surface area contributed by atoms with Crippen LogP contribution in [-0.2, 0) is 4.79 Å². The lowest BCUT2D eigenvalue weighted by molar-refractivity contribution is -0.117. The molecule has 1 aromatic rings. The molecule has 0 aliphatic rings. The third-order valence-corrected chi connectivity index (χ3v) is 3.02. The Morgan fingerprint density at radius 3 is 2.71 bits per heavy atom. The van der Waals surface area contributed by atoms with Gasteiger partial charge in [-0.1, -0.05) is 6.92 Å². The first kappa shape index (κ1) is 11.1. The summed E-state index contributed by atoms with van der Waals surface area (Å²) in [5.41, 5.74) is 6.53. The maximum absolute atomic E-state index is 11.4. The van der Waals surface area contributed by atoms with Gasteiger partial charge in [0.05, 0.1) is 11.7 Å². The number of aryl methyl sites for hydroxylation is 2. The van der Waals surface area contributed by atoms with Crippen molar-refractivity contribution in [1.29, 1.82) is 0 Å². The summed E-state index contributed by atoms with van der Waals surface area (Å²) in [6.07, 6.45) is 0.634. The fraction of sp³-hybridized carbons (Fsp3) is 0.556. The molecule has 1 heterocycles. The van der Waals surface area contributed by atoms with Crippen molar-refractivity contribution in [1.82, 2.24) is 4.98 Å². The van der Waals surface area contributed by atoms with Crippen LogP contribution >= 0.6 is 11.3 Å². The Morgan fingerprint density at radius 1 is 1.64 bits per heavy atom. The lowest BCUT2D eigenvalue weighted by atomic mass is 10.2. The van der Waals surface area contributed by atoms with Gasteiger partial charge in [0.2, 0.25) is 5.91 Å². The lowest BCUT2D eigenvalue weighted by Crippen LogP contribution is -2.34. The second kappa shape index (κ2) is 4.52. The quantitative estimate of drug-likeness (QED) is 0.798. The van der Waals surface area contributed by atoms with Crippen molar-refractivity contribution in [2.24, 2.45) is 5.73 Å². The molecule has 1 amide bonds. The van der Waals surface area contributed by atoms with Crippen LogP contribution in [0.3, 0.4) is 0 Å². The number of aromatic nitrogens is 1. The highest BCUT2D eigenvalue weighted by Gasteiger charge is 2.13. The Bertz CT molecular complexity index is 315. The van der Waals surface area contributed by atoms with Gasteiger partial charge in [-0.2, -0.15) is 0 Å². The molecule has 0 aromatic carbocycles. The smallest absolute Gasteiger partial charge is 0.243 e. The van der Waals surface area contributed by atoms with E-state index in [1.54, 1.807) is 0 Å². The van der Waals surface area contributed by atoms with E-state index in [9.17, 15) is 4.79 Å². The molecule has 1 aromatic heterocycles. The molecule has 4 nitrogen and oxygen atoms in total. The van der Waals surface area contributed by atoms with E-state index < -0.39 is 6.04 Å². The number of carbonyl (C=O) groups is 1. The van der Waals surface area contributed by atoms with Gasteiger partial charge in [-0.15, -0.1) is 11.3 Å². The summed E-state index contributed by atoms with van der Waals surface area (Å²) in [7, 11) is 0. The zero-order valence-electron chi connectivity index (χ0n) is 8.63. The van der Waals surface area contributed by atoms with Gasteiger partial charge in [-0.25, -0.2) is 4.98 Å². The first-order chi connectivity index (χ1) is 6.54. The van der Waals surface area contributed by atoms with Crippen LogP contribution < -0.4 is 11.1 Å². The van der Waals surface area contributed by atoms with Crippen LogP contribution in [0.5, 0.6) is 0 Å². The predicted octanol–water partition coefficient (Wildman–Crippen LogP) is 1.44. The van der Waals surface area contributed by atoms with Gasteiger partial charge < -0.3 is 11.1 Å². The zero-order valence-corrected chi connectivity index (χ0v) is 9.44. The van der Waals surface area contributed by atoms with Crippen molar-refractivity contribution in [3.05, 3.63) is 10.6 Å². The molecule has 3 N–H and O–H groups in total. The average molecular weight is 213 g/mol. The highest BCUT2D eigenvalue weighted by molar-refractivity contribution is 7.15. The second-order valence-electron chi connectivity index (χ2n) is 3.16. The Hall–Kier alpha value is -0.940. The Balaban J connectivity index is 2.65. The number of nitrogens with one attached hydrogen (secondary N) is 1. The van der Waals surface area contributed by atoms with E-state index in [4.69, 9.17) is 5.73 Å². The molecule has 1 rings (SSSR count). The molecule has 5 heteroatoms. The summed E-state index contributed by atoms with van der Waals surface area (Å²) in [6, 6.07) is -0.445. The summed E-state index contributed by atoms with van der Waals surface area (Å²) in [4.78, 5) is 16.7. The van der Waals surface area contributed by atoms with Crippen LogP contribution in [0.1, 0.15) is 23.9 Å². The number of carbonyl (C=O) groups excluding carboxylic acids is 1. The maximum Gasteiger partial charge on any atom is 0.243 e. The first-order valence-corrected chi connectivity index (χ1v) is 5.36. The number of rotatable bonds is 3. The molecule has 0 unspecified atom stereocenters. The van der Waals surface area contributed by atoms with E-state index in [2.05, 4.69) is 10.3 Å². The van der Waals surface area contributed by atoms with Crippen LogP contribution in [0.25, 0.3) is 0 Å². The molecule has 0 aliphatic heterocycles. The van der Waals surface area contributed by atoms with Gasteiger partial charge in [0.1, 0.15) is 0 Å². The first-order valence-electron chi connectivity index (χ1n) is 4.55. The fourth-order valence-corrected chi connectivity index (χ4v) is 1.73. The van der Waals surface area contributed by atoms with Crippen molar-refractivity contribution in [3.63, 3.8) is 0 Å². The number of amides is 1. The Labute approximate surface area is 87.5 Å². The highest BCUT2D eigenvalue weighted by Crippen LogP contribution is 2.20. The maximum atomic E-state index is 11.4. The monoisotopic (exact) mass is 213 g/mol. The normalized spacial score (nSPS) is 12.6. The molecule has 0 spiro atoms. The standard InChI is InChI=1S/C9H15N3OS/c1-4-7(10)8(13)12-9-11-5(2)6(3)14-9/h7H,4,10H2,1-3H3,(H,11,12,13)/t7-/m1/s1. The second-order valence-corrected chi connectivity index (χ2v) is 4.37. The Morgan fingerprint density at radius 2 is 2.29 bits per heavy atom. The van der Waals surface area contributed by atoms with Crippen LogP contribution in [0, 0.1) is 13.8 Å². The molecule has 0 fully saturated rings. The summed E-state index contributed by atoms with van der Waals surface area (Å²) in [6.45, 7) is 5.77. The summed E-state index contributed by atoms with van der Waals surface area (Å²) < 4.78 is 0. The minimum Gasteiger partial charge on any atom is -0.320 e. The Kier molecular flexibility index (Phi) is 3.60. The van der Waals surface area contributed by atoms with Crippen molar-refractivity contribution in [3.8, 4) is 0 Å². The van der Waals surface area contributed by atoms with Gasteiger partial charge in [0.25, 0.3) is 0 Å². The summed E-state index contributed by atoms with van der Waals surface area (Å²) in [5.74, 6) is -0.166. The van der Waals surface area contributed by atoms with E-state index in [1.165, 1.54) is 11.3 Å². The highest BCUT2D eigenvalue weighted by atomic mass is 32.1. The molecular weight excluding hydrogens is 198 g/mol. The molecule has 0 radical (unpaired) electrons. The molecule has 78 valence electrons. The number of nitrogens with zero attached hydrogens (tertiary/aromatic N) is 1. The molecule has 1 atom stereocenters. The van der Waals surface area contributed by atoms with Gasteiger partial charge in [-0.3, -0.25) is 4.79 Å². The van der Waals surface area contributed by atoms with E-state index in [0.29, 0.717) is 11.6 Å². The minimum atomic E-state index is -0.445. The number of thiazole rings is 1. The molecule has 0 aliphatic carbocycles. The fourth-order valence-electron chi connectivity index (χ4n) is 0.910. The van der Waals surface area contributed by atoms with Crippen molar-refractivity contribution in [2.75, 3.05) is 5.32 Å². The largest absolute Gasteiger partial charge is 0.320 e. The molecule has 14 heavy (non-hydrogen) atoms. The molecule has 0 saturated carbocycles. The molecular formula is C9H15N3OS. The SMILES string of the molecule is CC[C@@H](N)C(=O)Nc1nc(C)c(C)s1. The van der Waals surface area contributed by atoms with Crippen molar-refractivity contribution >= 4 is 22.4 Å². The molecule has 0 saturated heterocycles. The van der Waals surface area contributed by atoms with Crippen molar-refractivity contribution in [2.45, 2.75) is 33.2 Å². The predicted molar refractivity (Wildman–Crippen MR) is 58.5 cm³/mol. The van der Waals surface area contributed by atoms with E-state index >= 15 is 0 Å². The zero-order chi connectivity index (χ0) is 10.7. The summed E-state index contributed by atoms with van der Waals surface area (Å²) in [5, 5.41) is 3.33. The van der Waals surface area contributed by atoms with Crippen LogP contribution in [-0.4, -0.2) is 16.9 Å². The minimum absolute atomic E-state index is 0.166. The van der Waals surface area contributed by atoms with E-state index in [0.717, 1.165) is 10.6 Å². The van der Waals surface area contributed by atoms with Gasteiger partial charge >= 0.3 is 0 Å². The molecule has 0 bridgehead atoms. The average Bonchev–Trinajstić information content (AvgIpc) is 2.44. The third-order valence-electron chi connectivity index (χ3n) is 2.04. The van der Waals surface area contributed by atoms with Gasteiger partial charge in [-0.05, 0) is 20.3 Å². The number of nitrogens with two attached hydrogens (primary N) is 1.